The van der Waals surface area contributed by atoms with Gasteiger partial charge in [0, 0.05) is 31.0 Å². The first kappa shape index (κ1) is 28.5. The monoisotopic (exact) mass is 558 g/mol. The van der Waals surface area contributed by atoms with Gasteiger partial charge in [-0.25, -0.2) is 18.2 Å². The molecule has 0 radical (unpaired) electrons. The number of nitrogens with two attached hydrogens (primary N) is 1. The number of amides is 2. The fourth-order valence-corrected chi connectivity index (χ4v) is 4.28. The molecule has 40 heavy (non-hydrogen) atoms. The van der Waals surface area contributed by atoms with E-state index in [-0.39, 0.29) is 47.1 Å². The first-order valence-electron chi connectivity index (χ1n) is 12.6. The highest BCUT2D eigenvalue weighted by Gasteiger charge is 2.24. The van der Waals surface area contributed by atoms with E-state index in [0.717, 1.165) is 12.1 Å². The minimum atomic E-state index is -2.37. The summed E-state index contributed by atoms with van der Waals surface area (Å²) in [6.07, 6.45) is 3.53. The number of hydrogen-bond acceptors (Lipinski definition) is 8. The van der Waals surface area contributed by atoms with Crippen LogP contribution in [0.2, 0.25) is 0 Å². The van der Waals surface area contributed by atoms with E-state index in [1.54, 1.807) is 22.7 Å². The number of alkyl halides is 2. The Morgan fingerprint density at radius 1 is 1.25 bits per heavy atom. The zero-order valence-corrected chi connectivity index (χ0v) is 21.7. The van der Waals surface area contributed by atoms with Crippen LogP contribution in [0, 0.1) is 5.82 Å². The molecule has 212 valence electrons. The van der Waals surface area contributed by atoms with E-state index in [9.17, 15) is 22.8 Å². The molecular weight excluding hydrogens is 529 g/mol. The molecule has 0 unspecified atom stereocenters. The maximum Gasteiger partial charge on any atom is 0.271 e. The lowest BCUT2D eigenvalue weighted by molar-refractivity contribution is -0.111. The number of ether oxygens (including phenoxy) is 1. The van der Waals surface area contributed by atoms with E-state index >= 15 is 0 Å². The molecule has 3 aromatic rings. The van der Waals surface area contributed by atoms with Gasteiger partial charge in [0.25, 0.3) is 12.3 Å². The maximum atomic E-state index is 14.6. The van der Waals surface area contributed by atoms with Gasteiger partial charge in [0.05, 0.1) is 24.5 Å². The zero-order valence-electron chi connectivity index (χ0n) is 21.7. The predicted octanol–water partition coefficient (Wildman–Crippen LogP) is 4.04. The molecule has 2 aromatic heterocycles. The molecule has 3 heterocycles. The summed E-state index contributed by atoms with van der Waals surface area (Å²) in [7, 11) is 0. The van der Waals surface area contributed by atoms with E-state index in [1.807, 2.05) is 0 Å². The van der Waals surface area contributed by atoms with Gasteiger partial charge in [-0.2, -0.15) is 10.1 Å². The summed E-state index contributed by atoms with van der Waals surface area (Å²) in [5, 5.41) is 9.87. The molecule has 0 saturated carbocycles. The number of rotatable bonds is 11. The van der Waals surface area contributed by atoms with Crippen LogP contribution < -0.4 is 21.1 Å². The van der Waals surface area contributed by atoms with Crippen molar-refractivity contribution in [2.24, 2.45) is 5.73 Å². The minimum absolute atomic E-state index is 0.0179. The Morgan fingerprint density at radius 3 is 2.65 bits per heavy atom. The third kappa shape index (κ3) is 6.94. The molecule has 0 bridgehead atoms. The van der Waals surface area contributed by atoms with Crippen LogP contribution in [-0.4, -0.2) is 62.5 Å². The molecule has 1 aromatic carbocycles. The lowest BCUT2D eigenvalue weighted by Gasteiger charge is -2.31. The molecule has 1 aliphatic heterocycles. The average Bonchev–Trinajstić information content (AvgIpc) is 3.39. The third-order valence-corrected chi connectivity index (χ3v) is 6.28. The van der Waals surface area contributed by atoms with Gasteiger partial charge >= 0.3 is 0 Å². The Hall–Kier alpha value is -4.46. The van der Waals surface area contributed by atoms with Crippen LogP contribution in [0.15, 0.2) is 43.2 Å². The van der Waals surface area contributed by atoms with Gasteiger partial charge in [0.2, 0.25) is 11.8 Å². The van der Waals surface area contributed by atoms with Crippen molar-refractivity contribution < 1.29 is 27.5 Å². The molecule has 0 atom stereocenters. The molecule has 0 aliphatic carbocycles. The highest BCUT2D eigenvalue weighted by Crippen LogP contribution is 2.31. The van der Waals surface area contributed by atoms with Crippen LogP contribution in [0.4, 0.5) is 30.4 Å². The molecule has 1 saturated heterocycles. The molecule has 1 fully saturated rings. The van der Waals surface area contributed by atoms with Gasteiger partial charge in [-0.1, -0.05) is 13.5 Å². The summed E-state index contributed by atoms with van der Waals surface area (Å²) in [6.45, 7) is 5.95. The normalized spacial score (nSPS) is 14.2. The van der Waals surface area contributed by atoms with Crippen molar-refractivity contribution in [2.75, 3.05) is 30.3 Å². The highest BCUT2D eigenvalue weighted by molar-refractivity contribution is 5.99. The van der Waals surface area contributed by atoms with Crippen LogP contribution in [0.3, 0.4) is 0 Å². The van der Waals surface area contributed by atoms with E-state index in [0.29, 0.717) is 38.0 Å². The number of aromatic nitrogens is 4. The molecule has 14 heteroatoms. The van der Waals surface area contributed by atoms with Gasteiger partial charge in [0.1, 0.15) is 5.69 Å². The molecule has 1 aliphatic rings. The molecule has 4 N–H and O–H groups in total. The summed E-state index contributed by atoms with van der Waals surface area (Å²) < 4.78 is 47.4. The van der Waals surface area contributed by atoms with E-state index in [1.165, 1.54) is 18.3 Å². The second-order valence-electron chi connectivity index (χ2n) is 9.09. The van der Waals surface area contributed by atoms with Crippen molar-refractivity contribution >= 4 is 29.0 Å². The number of piperidine rings is 1. The van der Waals surface area contributed by atoms with E-state index in [4.69, 9.17) is 10.5 Å². The molecular formula is C26H29F3N8O3. The first-order chi connectivity index (χ1) is 19.2. The fraction of sp³-hybridized carbons (Fsp3) is 0.346. The van der Waals surface area contributed by atoms with Gasteiger partial charge in [-0.05, 0) is 37.5 Å². The number of halogens is 3. The van der Waals surface area contributed by atoms with E-state index in [2.05, 4.69) is 32.3 Å². The van der Waals surface area contributed by atoms with Crippen molar-refractivity contribution in [1.29, 1.82) is 0 Å². The number of nitrogens with one attached hydrogen (secondary N) is 2. The maximum absolute atomic E-state index is 14.6. The lowest BCUT2D eigenvalue weighted by atomic mass is 10.1. The molecule has 11 nitrogen and oxygen atoms in total. The van der Waals surface area contributed by atoms with Gasteiger partial charge in [-0.3, -0.25) is 19.2 Å². The SMILES string of the molecule is C=CC(=O)Nc1ccc(F)c(Oc2nc(Nc3cnn(C4CCN(CC(F)F)CC4)c3)c(C(N)=O)nc2CC)c1. The topological polar surface area (TPSA) is 140 Å². The van der Waals surface area contributed by atoms with Gasteiger partial charge in [0.15, 0.2) is 23.1 Å². The summed E-state index contributed by atoms with van der Waals surface area (Å²) in [5.74, 6) is -2.36. The number of likely N-dealkylation sites (tertiary alicyclic amines) is 1. The lowest BCUT2D eigenvalue weighted by Crippen LogP contribution is -2.37. The van der Waals surface area contributed by atoms with Crippen LogP contribution in [0.5, 0.6) is 11.6 Å². The van der Waals surface area contributed by atoms with Gasteiger partial charge in [-0.15, -0.1) is 0 Å². The number of carbonyl (C=O) groups excluding carboxylic acids is 2. The Balaban J connectivity index is 1.56. The van der Waals surface area contributed by atoms with Crippen LogP contribution in [-0.2, 0) is 11.2 Å². The smallest absolute Gasteiger partial charge is 0.271 e. The second-order valence-corrected chi connectivity index (χ2v) is 9.09. The Labute approximate surface area is 228 Å². The number of aryl methyl sites for hydroxylation is 1. The Bertz CT molecular complexity index is 1390. The Morgan fingerprint density at radius 2 is 2.00 bits per heavy atom. The largest absolute Gasteiger partial charge is 0.434 e. The Kier molecular flexibility index (Phi) is 8.99. The number of benzene rings is 1. The zero-order chi connectivity index (χ0) is 28.8. The van der Waals surface area contributed by atoms with Gasteiger partial charge < -0.3 is 21.1 Å². The van der Waals surface area contributed by atoms with Crippen molar-refractivity contribution in [3.8, 4) is 11.6 Å². The van der Waals surface area contributed by atoms with Crippen LogP contribution >= 0.6 is 0 Å². The summed E-state index contributed by atoms with van der Waals surface area (Å²) in [5.41, 5.74) is 6.41. The second kappa shape index (κ2) is 12.6. The number of nitrogens with zero attached hydrogens (tertiary/aromatic N) is 5. The summed E-state index contributed by atoms with van der Waals surface area (Å²) in [4.78, 5) is 34.2. The molecule has 2 amide bonds. The fourth-order valence-electron chi connectivity index (χ4n) is 4.28. The van der Waals surface area contributed by atoms with E-state index < -0.39 is 24.1 Å². The minimum Gasteiger partial charge on any atom is -0.434 e. The first-order valence-corrected chi connectivity index (χ1v) is 12.6. The summed E-state index contributed by atoms with van der Waals surface area (Å²) >= 11 is 0. The average molecular weight is 559 g/mol. The quantitative estimate of drug-likeness (QED) is 0.300. The third-order valence-electron chi connectivity index (χ3n) is 6.28. The molecule has 0 spiro atoms. The van der Waals surface area contributed by atoms with Crippen LogP contribution in [0.1, 0.15) is 42.0 Å². The standard InChI is InChI=1S/C26H29F3N8O3/c1-3-19-26(40-20-11-15(5-6-18(20)27)32-22(38)4-2)35-25(23(34-19)24(30)39)33-16-12-31-37(13-16)17-7-9-36(10-8-17)14-21(28)29/h4-6,11-13,17,21H,2-3,7-10,14H2,1H3,(H2,30,39)(H,32,38)(H,33,35). The summed E-state index contributed by atoms with van der Waals surface area (Å²) in [6, 6.07) is 3.78. The number of hydrogen-bond donors (Lipinski definition) is 3. The number of primary amides is 1. The number of carbonyl (C=O) groups is 2. The highest BCUT2D eigenvalue weighted by atomic mass is 19.3. The van der Waals surface area contributed by atoms with Crippen molar-refractivity contribution in [3.05, 3.63) is 60.5 Å². The van der Waals surface area contributed by atoms with Crippen molar-refractivity contribution in [2.45, 2.75) is 38.7 Å². The van der Waals surface area contributed by atoms with Crippen molar-refractivity contribution in [3.63, 3.8) is 0 Å². The van der Waals surface area contributed by atoms with Crippen LogP contribution in [0.25, 0.3) is 0 Å². The molecule has 4 rings (SSSR count). The predicted molar refractivity (Wildman–Crippen MR) is 141 cm³/mol. The van der Waals surface area contributed by atoms with Crippen molar-refractivity contribution in [1.82, 2.24) is 24.6 Å². The number of anilines is 3.